The molecule has 0 aliphatic heterocycles. The van der Waals surface area contributed by atoms with E-state index in [-0.39, 0.29) is 5.41 Å². The van der Waals surface area contributed by atoms with E-state index in [1.165, 1.54) is 0 Å². The molecule has 0 amide bonds. The number of hydrogen-bond acceptors (Lipinski definition) is 2. The van der Waals surface area contributed by atoms with Gasteiger partial charge in [0.15, 0.2) is 0 Å². The van der Waals surface area contributed by atoms with Crippen molar-refractivity contribution in [2.45, 2.75) is 52.9 Å². The summed E-state index contributed by atoms with van der Waals surface area (Å²) in [5.74, 6) is -0.702. The Morgan fingerprint density at radius 2 is 1.90 bits per heavy atom. The number of aliphatic carboxylic acids is 1. The van der Waals surface area contributed by atoms with Crippen LogP contribution in [0.4, 0.5) is 0 Å². The van der Waals surface area contributed by atoms with Gasteiger partial charge in [-0.15, -0.1) is 0 Å². The summed E-state index contributed by atoms with van der Waals surface area (Å²) in [5, 5.41) is 14.6. The van der Waals surface area contributed by atoms with E-state index in [9.17, 15) is 9.90 Å². The zero-order valence-corrected chi connectivity index (χ0v) is 13.4. The quantitative estimate of drug-likeness (QED) is 0.927. The van der Waals surface area contributed by atoms with Crippen LogP contribution in [0.25, 0.3) is 0 Å². The number of rotatable bonds is 3. The van der Waals surface area contributed by atoms with Crippen molar-refractivity contribution in [2.75, 3.05) is 0 Å². The number of aromatic nitrogens is 2. The Hall–Kier alpha value is -1.03. The van der Waals surface area contributed by atoms with Crippen molar-refractivity contribution in [1.82, 2.24) is 9.78 Å². The molecule has 1 aromatic rings. The Morgan fingerprint density at radius 1 is 1.35 bits per heavy atom. The van der Waals surface area contributed by atoms with Gasteiger partial charge in [-0.05, 0) is 44.4 Å². The Bertz CT molecular complexity index is 524. The van der Waals surface area contributed by atoms with E-state index in [1.807, 2.05) is 6.92 Å². The molecule has 0 saturated heterocycles. The number of hydrogen-bond donors (Lipinski definition) is 1. The Kier molecular flexibility index (Phi) is 3.89. The van der Waals surface area contributed by atoms with Gasteiger partial charge in [0.05, 0.1) is 11.1 Å². The number of carbonyl (C=O) groups is 1. The second-order valence-corrected chi connectivity index (χ2v) is 7.26. The molecule has 1 aliphatic rings. The summed E-state index contributed by atoms with van der Waals surface area (Å²) >= 11 is 6.26. The second-order valence-electron chi connectivity index (χ2n) is 6.90. The van der Waals surface area contributed by atoms with Crippen LogP contribution in [0.15, 0.2) is 0 Å². The largest absolute Gasteiger partial charge is 0.481 e. The summed E-state index contributed by atoms with van der Waals surface area (Å²) in [5.41, 5.74) is 1.28. The van der Waals surface area contributed by atoms with Crippen molar-refractivity contribution < 1.29 is 9.90 Å². The highest BCUT2D eigenvalue weighted by Gasteiger charge is 2.45. The molecule has 1 aromatic heterocycles. The Balaban J connectivity index is 2.29. The van der Waals surface area contributed by atoms with E-state index in [0.717, 1.165) is 24.1 Å². The highest BCUT2D eigenvalue weighted by molar-refractivity contribution is 6.30. The van der Waals surface area contributed by atoms with Crippen LogP contribution in [0, 0.1) is 17.8 Å². The minimum atomic E-state index is -0.702. The van der Waals surface area contributed by atoms with Gasteiger partial charge in [0.2, 0.25) is 0 Å². The molecule has 0 atom stereocenters. The lowest BCUT2D eigenvalue weighted by Crippen LogP contribution is -2.39. The van der Waals surface area contributed by atoms with E-state index in [0.29, 0.717) is 24.4 Å². The Morgan fingerprint density at radius 3 is 2.30 bits per heavy atom. The molecule has 20 heavy (non-hydrogen) atoms. The molecule has 4 nitrogen and oxygen atoms in total. The molecular weight excluding hydrogens is 276 g/mol. The average molecular weight is 299 g/mol. The fourth-order valence-electron chi connectivity index (χ4n) is 3.08. The molecule has 1 saturated carbocycles. The van der Waals surface area contributed by atoms with Crippen molar-refractivity contribution in [1.29, 1.82) is 0 Å². The molecule has 1 fully saturated rings. The lowest BCUT2D eigenvalue weighted by molar-refractivity contribution is -0.152. The predicted octanol–water partition coefficient (Wildman–Crippen LogP) is 3.60. The van der Waals surface area contributed by atoms with Crippen molar-refractivity contribution >= 4 is 17.6 Å². The lowest BCUT2D eigenvalue weighted by atomic mass is 9.63. The highest BCUT2D eigenvalue weighted by atomic mass is 35.5. The van der Waals surface area contributed by atoms with E-state index in [1.54, 1.807) is 11.7 Å². The van der Waals surface area contributed by atoms with Gasteiger partial charge in [0.1, 0.15) is 5.15 Å². The number of aryl methyl sites for hydroxylation is 2. The van der Waals surface area contributed by atoms with Crippen LogP contribution in [0.2, 0.25) is 5.15 Å². The average Bonchev–Trinajstić information content (AvgIpc) is 2.58. The summed E-state index contributed by atoms with van der Waals surface area (Å²) in [4.78, 5) is 11.9. The minimum Gasteiger partial charge on any atom is -0.481 e. The zero-order chi connectivity index (χ0) is 15.1. The van der Waals surface area contributed by atoms with Gasteiger partial charge in [-0.2, -0.15) is 5.10 Å². The molecule has 1 heterocycles. The van der Waals surface area contributed by atoms with Gasteiger partial charge in [-0.3, -0.25) is 9.48 Å². The van der Waals surface area contributed by atoms with Crippen molar-refractivity contribution in [2.24, 2.45) is 17.9 Å². The first-order chi connectivity index (χ1) is 9.17. The molecule has 0 bridgehead atoms. The summed E-state index contributed by atoms with van der Waals surface area (Å²) < 4.78 is 1.62. The van der Waals surface area contributed by atoms with Crippen LogP contribution >= 0.6 is 11.6 Å². The van der Waals surface area contributed by atoms with Gasteiger partial charge in [-0.1, -0.05) is 25.4 Å². The van der Waals surface area contributed by atoms with Crippen LogP contribution in [0.1, 0.15) is 50.8 Å². The lowest BCUT2D eigenvalue weighted by Gasteiger charge is -2.41. The first kappa shape index (κ1) is 15.4. The van der Waals surface area contributed by atoms with E-state index in [2.05, 4.69) is 18.9 Å². The summed E-state index contributed by atoms with van der Waals surface area (Å²) in [6.07, 6.45) is 3.78. The van der Waals surface area contributed by atoms with Crippen molar-refractivity contribution in [3.05, 3.63) is 16.4 Å². The topological polar surface area (TPSA) is 55.1 Å². The number of nitrogens with zero attached hydrogens (tertiary/aromatic N) is 2. The molecule has 0 unspecified atom stereocenters. The van der Waals surface area contributed by atoms with Gasteiger partial charge in [0.25, 0.3) is 0 Å². The maximum absolute atomic E-state index is 11.9. The van der Waals surface area contributed by atoms with E-state index in [4.69, 9.17) is 11.6 Å². The number of halogens is 1. The smallest absolute Gasteiger partial charge is 0.309 e. The molecule has 112 valence electrons. The monoisotopic (exact) mass is 298 g/mol. The van der Waals surface area contributed by atoms with Crippen LogP contribution in [-0.4, -0.2) is 20.9 Å². The normalized spacial score (nSPS) is 20.9. The minimum absolute atomic E-state index is 0.243. The summed E-state index contributed by atoms with van der Waals surface area (Å²) in [6.45, 7) is 6.31. The summed E-state index contributed by atoms with van der Waals surface area (Å²) in [7, 11) is 1.79. The van der Waals surface area contributed by atoms with Gasteiger partial charge >= 0.3 is 5.97 Å². The van der Waals surface area contributed by atoms with Gasteiger partial charge in [0, 0.05) is 12.6 Å². The molecule has 5 heteroatoms. The molecule has 0 aromatic carbocycles. The van der Waals surface area contributed by atoms with Crippen molar-refractivity contribution in [3.63, 3.8) is 0 Å². The summed E-state index contributed by atoms with van der Waals surface area (Å²) in [6, 6.07) is 0. The van der Waals surface area contributed by atoms with Crippen LogP contribution in [0.3, 0.4) is 0 Å². The Labute approximate surface area is 125 Å². The molecule has 1 aliphatic carbocycles. The van der Waals surface area contributed by atoms with Gasteiger partial charge in [-0.25, -0.2) is 0 Å². The predicted molar refractivity (Wildman–Crippen MR) is 79.0 cm³/mol. The SMILES string of the molecule is Cc1nn(C)c(Cl)c1CC1(C(=O)O)CCC(C)(C)CC1. The number of carboxylic acids is 1. The molecule has 0 spiro atoms. The van der Waals surface area contributed by atoms with E-state index >= 15 is 0 Å². The molecule has 1 N–H and O–H groups in total. The third kappa shape index (κ3) is 2.71. The standard InChI is InChI=1S/C15H23ClN2O2/c1-10-11(12(16)18(4)17-10)9-15(13(19)20)7-5-14(2,3)6-8-15/h5-9H2,1-4H3,(H,19,20). The zero-order valence-electron chi connectivity index (χ0n) is 12.7. The second kappa shape index (κ2) is 5.06. The molecule has 2 rings (SSSR count). The maximum Gasteiger partial charge on any atom is 0.309 e. The van der Waals surface area contributed by atoms with Crippen LogP contribution in [0.5, 0.6) is 0 Å². The van der Waals surface area contributed by atoms with Crippen molar-refractivity contribution in [3.8, 4) is 0 Å². The highest BCUT2D eigenvalue weighted by Crippen LogP contribution is 2.47. The molecule has 0 radical (unpaired) electrons. The molecular formula is C15H23ClN2O2. The fraction of sp³-hybridized carbons (Fsp3) is 0.733. The maximum atomic E-state index is 11.9. The third-order valence-corrected chi connectivity index (χ3v) is 5.27. The fourth-order valence-corrected chi connectivity index (χ4v) is 3.33. The first-order valence-corrected chi connectivity index (χ1v) is 7.46. The van der Waals surface area contributed by atoms with E-state index < -0.39 is 11.4 Å². The number of carboxylic acid groups (broad SMARTS) is 1. The van der Waals surface area contributed by atoms with Crippen LogP contribution in [-0.2, 0) is 18.3 Å². The third-order valence-electron chi connectivity index (χ3n) is 4.80. The first-order valence-electron chi connectivity index (χ1n) is 7.08. The van der Waals surface area contributed by atoms with Gasteiger partial charge < -0.3 is 5.11 Å². The van der Waals surface area contributed by atoms with Crippen LogP contribution < -0.4 is 0 Å².